The topological polar surface area (TPSA) is 42.4 Å². The SMILES string of the molecule is O=CN1C[C@H]2C[C@@H](Oc3ncc(C(F)(F)F)cc3F)[C@@H]1C2. The van der Waals surface area contributed by atoms with E-state index in [1.165, 1.54) is 0 Å². The molecule has 1 amide bonds. The molecule has 1 aromatic rings. The average molecular weight is 304 g/mol. The summed E-state index contributed by atoms with van der Waals surface area (Å²) in [6.45, 7) is 0.650. The fourth-order valence-electron chi connectivity index (χ4n) is 3.07. The van der Waals surface area contributed by atoms with Gasteiger partial charge < -0.3 is 9.64 Å². The van der Waals surface area contributed by atoms with Crippen molar-refractivity contribution in [2.75, 3.05) is 6.54 Å². The van der Waals surface area contributed by atoms with Gasteiger partial charge in [-0.15, -0.1) is 0 Å². The van der Waals surface area contributed by atoms with Gasteiger partial charge >= 0.3 is 6.18 Å². The highest BCUT2D eigenvalue weighted by atomic mass is 19.4. The molecule has 1 aliphatic heterocycles. The molecular formula is C13H12F4N2O2. The van der Waals surface area contributed by atoms with Crippen LogP contribution in [0.2, 0.25) is 0 Å². The molecule has 21 heavy (non-hydrogen) atoms. The summed E-state index contributed by atoms with van der Waals surface area (Å²) in [5.41, 5.74) is -1.16. The number of pyridine rings is 1. The van der Waals surface area contributed by atoms with Crippen LogP contribution in [-0.2, 0) is 11.0 Å². The molecule has 1 saturated heterocycles. The lowest BCUT2D eigenvalue weighted by Crippen LogP contribution is -2.43. The minimum Gasteiger partial charge on any atom is -0.470 e. The van der Waals surface area contributed by atoms with Crippen LogP contribution in [0.25, 0.3) is 0 Å². The number of carbonyl (C=O) groups excluding carboxylic acids is 1. The molecule has 0 unspecified atom stereocenters. The summed E-state index contributed by atoms with van der Waals surface area (Å²) in [4.78, 5) is 15.9. The zero-order valence-electron chi connectivity index (χ0n) is 10.8. The molecule has 4 nitrogen and oxygen atoms in total. The fourth-order valence-corrected chi connectivity index (χ4v) is 3.07. The van der Waals surface area contributed by atoms with Gasteiger partial charge in [-0.25, -0.2) is 9.37 Å². The smallest absolute Gasteiger partial charge is 0.417 e. The molecule has 2 bridgehead atoms. The number of fused-ring (bicyclic) bond motifs is 2. The van der Waals surface area contributed by atoms with Crippen LogP contribution in [0.4, 0.5) is 17.6 Å². The minimum atomic E-state index is -4.65. The number of ether oxygens (including phenoxy) is 1. The third-order valence-electron chi connectivity index (χ3n) is 4.00. The lowest BCUT2D eigenvalue weighted by molar-refractivity contribution is -0.138. The normalized spacial score (nSPS) is 28.0. The number of piperidine rings is 1. The highest BCUT2D eigenvalue weighted by Crippen LogP contribution is 2.39. The van der Waals surface area contributed by atoms with Crippen molar-refractivity contribution in [1.82, 2.24) is 9.88 Å². The quantitative estimate of drug-likeness (QED) is 0.635. The van der Waals surface area contributed by atoms with Crippen LogP contribution in [0, 0.1) is 11.7 Å². The molecule has 2 fully saturated rings. The molecule has 114 valence electrons. The third-order valence-corrected chi connectivity index (χ3v) is 4.00. The molecule has 3 atom stereocenters. The van der Waals surface area contributed by atoms with Gasteiger partial charge in [0, 0.05) is 12.7 Å². The summed E-state index contributed by atoms with van der Waals surface area (Å²) in [7, 11) is 0. The monoisotopic (exact) mass is 304 g/mol. The highest BCUT2D eigenvalue weighted by Gasteiger charge is 2.46. The molecule has 0 spiro atoms. The van der Waals surface area contributed by atoms with Crippen LogP contribution in [-0.4, -0.2) is 35.0 Å². The number of aromatic nitrogens is 1. The molecule has 1 aromatic heterocycles. The van der Waals surface area contributed by atoms with E-state index in [1.807, 2.05) is 0 Å². The first-order valence-corrected chi connectivity index (χ1v) is 6.49. The summed E-state index contributed by atoms with van der Waals surface area (Å²) >= 11 is 0. The standard InChI is InChI=1S/C13H12F4N2O2/c14-9-3-8(13(15,16)17)4-18-12(9)21-11-2-7-1-10(11)19(5-7)6-20/h3-4,6-7,10-11H,1-2,5H2/t7-,10+,11-/m1/s1. The zero-order valence-corrected chi connectivity index (χ0v) is 10.8. The van der Waals surface area contributed by atoms with E-state index in [-0.39, 0.29) is 6.04 Å². The Morgan fingerprint density at radius 3 is 2.71 bits per heavy atom. The van der Waals surface area contributed by atoms with E-state index in [0.29, 0.717) is 31.1 Å². The maximum atomic E-state index is 13.7. The van der Waals surface area contributed by atoms with Crippen molar-refractivity contribution in [3.63, 3.8) is 0 Å². The van der Waals surface area contributed by atoms with E-state index in [0.717, 1.165) is 12.8 Å². The maximum Gasteiger partial charge on any atom is 0.417 e. The summed E-state index contributed by atoms with van der Waals surface area (Å²) in [6.07, 6.45) is -2.39. The van der Waals surface area contributed by atoms with Crippen molar-refractivity contribution >= 4 is 6.41 Å². The van der Waals surface area contributed by atoms with Gasteiger partial charge in [0.2, 0.25) is 6.41 Å². The van der Waals surface area contributed by atoms with E-state index in [4.69, 9.17) is 4.74 Å². The van der Waals surface area contributed by atoms with E-state index in [2.05, 4.69) is 4.98 Å². The van der Waals surface area contributed by atoms with Gasteiger partial charge in [-0.05, 0) is 24.8 Å². The molecule has 1 saturated carbocycles. The van der Waals surface area contributed by atoms with Crippen molar-refractivity contribution in [1.29, 1.82) is 0 Å². The zero-order chi connectivity index (χ0) is 15.2. The molecule has 3 rings (SSSR count). The van der Waals surface area contributed by atoms with Gasteiger partial charge in [0.15, 0.2) is 5.82 Å². The number of rotatable bonds is 3. The van der Waals surface area contributed by atoms with Crippen molar-refractivity contribution in [2.24, 2.45) is 5.92 Å². The van der Waals surface area contributed by atoms with E-state index in [1.54, 1.807) is 4.90 Å². The Kier molecular flexibility index (Phi) is 3.26. The van der Waals surface area contributed by atoms with Crippen LogP contribution >= 0.6 is 0 Å². The number of amides is 1. The first-order valence-electron chi connectivity index (χ1n) is 6.49. The molecule has 1 aliphatic carbocycles. The molecule has 0 N–H and O–H groups in total. The number of likely N-dealkylation sites (tertiary alicyclic amines) is 1. The summed E-state index contributed by atoms with van der Waals surface area (Å²) in [5.74, 6) is -1.31. The van der Waals surface area contributed by atoms with E-state index in [9.17, 15) is 22.4 Å². The summed E-state index contributed by atoms with van der Waals surface area (Å²) in [5, 5.41) is 0. The molecule has 0 aromatic carbocycles. The van der Waals surface area contributed by atoms with Gasteiger partial charge in [-0.2, -0.15) is 13.2 Å². The number of hydrogen-bond donors (Lipinski definition) is 0. The lowest BCUT2D eigenvalue weighted by atomic mass is 10.1. The number of carbonyl (C=O) groups is 1. The summed E-state index contributed by atoms with van der Waals surface area (Å²) in [6, 6.07) is 0.212. The minimum absolute atomic E-state index is 0.156. The number of halogens is 4. The van der Waals surface area contributed by atoms with Gasteiger partial charge in [0.1, 0.15) is 6.10 Å². The average Bonchev–Trinajstić information content (AvgIpc) is 2.99. The fraction of sp³-hybridized carbons (Fsp3) is 0.538. The first kappa shape index (κ1) is 14.1. The second kappa shape index (κ2) is 4.85. The van der Waals surface area contributed by atoms with Gasteiger partial charge in [0.25, 0.3) is 5.88 Å². The van der Waals surface area contributed by atoms with Crippen molar-refractivity contribution < 1.29 is 27.1 Å². The Morgan fingerprint density at radius 1 is 1.38 bits per heavy atom. The van der Waals surface area contributed by atoms with Crippen LogP contribution < -0.4 is 4.74 Å². The van der Waals surface area contributed by atoms with E-state index >= 15 is 0 Å². The number of nitrogens with zero attached hydrogens (tertiary/aromatic N) is 2. The third kappa shape index (κ3) is 2.54. The van der Waals surface area contributed by atoms with Crippen molar-refractivity contribution in [2.45, 2.75) is 31.2 Å². The van der Waals surface area contributed by atoms with E-state index < -0.39 is 29.5 Å². The largest absolute Gasteiger partial charge is 0.470 e. The maximum absolute atomic E-state index is 13.7. The van der Waals surface area contributed by atoms with Crippen LogP contribution in [0.3, 0.4) is 0 Å². The second-order valence-electron chi connectivity index (χ2n) is 5.37. The highest BCUT2D eigenvalue weighted by molar-refractivity contribution is 5.49. The lowest BCUT2D eigenvalue weighted by Gasteiger charge is -2.30. The predicted molar refractivity (Wildman–Crippen MR) is 62.9 cm³/mol. The Hall–Kier alpha value is -1.86. The van der Waals surface area contributed by atoms with Crippen molar-refractivity contribution in [3.05, 3.63) is 23.6 Å². The van der Waals surface area contributed by atoms with Crippen molar-refractivity contribution in [3.8, 4) is 5.88 Å². The Balaban J connectivity index is 1.76. The molecule has 2 heterocycles. The number of hydrogen-bond acceptors (Lipinski definition) is 3. The molecule has 0 radical (unpaired) electrons. The van der Waals surface area contributed by atoms with Crippen LogP contribution in [0.1, 0.15) is 18.4 Å². The molecule has 8 heteroatoms. The van der Waals surface area contributed by atoms with Crippen LogP contribution in [0.5, 0.6) is 5.88 Å². The number of alkyl halides is 3. The predicted octanol–water partition coefficient (Wildman–Crippen LogP) is 2.24. The first-order chi connectivity index (χ1) is 9.88. The van der Waals surface area contributed by atoms with Crippen LogP contribution in [0.15, 0.2) is 12.3 Å². The second-order valence-corrected chi connectivity index (χ2v) is 5.37. The van der Waals surface area contributed by atoms with Gasteiger partial charge in [-0.1, -0.05) is 0 Å². The molecular weight excluding hydrogens is 292 g/mol. The van der Waals surface area contributed by atoms with Gasteiger partial charge in [0.05, 0.1) is 11.6 Å². The summed E-state index contributed by atoms with van der Waals surface area (Å²) < 4.78 is 56.4. The Bertz CT molecular complexity index is 564. The van der Waals surface area contributed by atoms with Gasteiger partial charge in [-0.3, -0.25) is 4.79 Å². The Morgan fingerprint density at radius 2 is 2.14 bits per heavy atom. The Labute approximate surface area is 117 Å². The molecule has 2 aliphatic rings.